The lowest BCUT2D eigenvalue weighted by molar-refractivity contribution is -0.124. The third-order valence-corrected chi connectivity index (χ3v) is 6.01. The Morgan fingerprint density at radius 1 is 1.37 bits per heavy atom. The predicted molar refractivity (Wildman–Crippen MR) is 99.6 cm³/mol. The number of carbonyl (C=O) groups excluding carboxylic acids is 1. The molecule has 1 N–H and O–H groups in total. The van der Waals surface area contributed by atoms with E-state index < -0.39 is 0 Å². The fourth-order valence-electron chi connectivity index (χ4n) is 4.47. The molecule has 140 valence electrons. The number of carbonyl (C=O) groups is 1. The van der Waals surface area contributed by atoms with E-state index in [1.165, 1.54) is 0 Å². The van der Waals surface area contributed by atoms with Crippen LogP contribution in [0.3, 0.4) is 0 Å². The van der Waals surface area contributed by atoms with E-state index in [4.69, 9.17) is 4.98 Å². The van der Waals surface area contributed by atoms with Crippen molar-refractivity contribution in [3.63, 3.8) is 0 Å². The number of hydrogen-bond donors (Lipinski definition) is 1. The van der Waals surface area contributed by atoms with Gasteiger partial charge in [-0.1, -0.05) is 6.92 Å². The summed E-state index contributed by atoms with van der Waals surface area (Å²) in [7, 11) is 1.83. The van der Waals surface area contributed by atoms with Gasteiger partial charge >= 0.3 is 0 Å². The summed E-state index contributed by atoms with van der Waals surface area (Å²) in [4.78, 5) is 23.4. The molecule has 4 rings (SSSR count). The van der Waals surface area contributed by atoms with Crippen molar-refractivity contribution in [2.45, 2.75) is 26.2 Å². The number of nitrogens with zero attached hydrogens (tertiary/aromatic N) is 6. The minimum Gasteiger partial charge on any atom is -0.355 e. The first-order valence-electron chi connectivity index (χ1n) is 9.35. The van der Waals surface area contributed by atoms with Gasteiger partial charge in [0.15, 0.2) is 5.69 Å². The zero-order valence-corrected chi connectivity index (χ0v) is 15.6. The van der Waals surface area contributed by atoms with Gasteiger partial charge in [0.25, 0.3) is 0 Å². The van der Waals surface area contributed by atoms with Gasteiger partial charge in [-0.25, -0.2) is 9.97 Å². The Morgan fingerprint density at radius 2 is 2.15 bits per heavy atom. The van der Waals surface area contributed by atoms with Crippen molar-refractivity contribution in [2.75, 3.05) is 24.5 Å². The van der Waals surface area contributed by atoms with Crippen molar-refractivity contribution in [3.8, 4) is 17.3 Å². The second kappa shape index (κ2) is 6.65. The van der Waals surface area contributed by atoms with Gasteiger partial charge in [-0.2, -0.15) is 10.4 Å². The molecule has 0 aliphatic carbocycles. The standard InChI is InChI=1S/C19H23N7O/c1-3-14-18(27)22-12-19(14)4-6-26(7-5-19)16-10-21-15(8-20)17(24-16)13-9-23-25(2)11-13/h9-11,14H,3-7,12H2,1-2H3,(H,22,27)/t14-/m0/s1. The summed E-state index contributed by atoms with van der Waals surface area (Å²) in [6, 6.07) is 2.12. The van der Waals surface area contributed by atoms with Crippen LogP contribution in [-0.2, 0) is 11.8 Å². The molecule has 0 aromatic carbocycles. The average molecular weight is 365 g/mol. The Kier molecular flexibility index (Phi) is 4.30. The topological polar surface area (TPSA) is 99.7 Å². The fourth-order valence-corrected chi connectivity index (χ4v) is 4.47. The van der Waals surface area contributed by atoms with Crippen molar-refractivity contribution in [1.82, 2.24) is 25.1 Å². The number of hydrogen-bond acceptors (Lipinski definition) is 6. The second-order valence-corrected chi connectivity index (χ2v) is 7.47. The maximum Gasteiger partial charge on any atom is 0.223 e. The third kappa shape index (κ3) is 2.93. The zero-order valence-electron chi connectivity index (χ0n) is 15.6. The predicted octanol–water partition coefficient (Wildman–Crippen LogP) is 1.49. The number of anilines is 1. The molecule has 2 saturated heterocycles. The van der Waals surface area contributed by atoms with Crippen LogP contribution in [0.2, 0.25) is 0 Å². The van der Waals surface area contributed by atoms with Crippen LogP contribution in [0.5, 0.6) is 0 Å². The SMILES string of the molecule is CC[C@H]1C(=O)NCC12CCN(c1cnc(C#N)c(-c3cnn(C)c3)n1)CC2. The Labute approximate surface area is 158 Å². The molecule has 27 heavy (non-hydrogen) atoms. The quantitative estimate of drug-likeness (QED) is 0.885. The first-order chi connectivity index (χ1) is 13.1. The molecular formula is C19H23N7O. The highest BCUT2D eigenvalue weighted by Gasteiger charge is 2.48. The molecule has 2 aromatic heterocycles. The molecule has 4 heterocycles. The molecule has 8 nitrogen and oxygen atoms in total. The summed E-state index contributed by atoms with van der Waals surface area (Å²) < 4.78 is 1.69. The summed E-state index contributed by atoms with van der Waals surface area (Å²) in [5, 5.41) is 16.6. The van der Waals surface area contributed by atoms with Crippen LogP contribution < -0.4 is 10.2 Å². The highest BCUT2D eigenvalue weighted by Crippen LogP contribution is 2.44. The molecular weight excluding hydrogens is 342 g/mol. The van der Waals surface area contributed by atoms with Crippen molar-refractivity contribution < 1.29 is 4.79 Å². The van der Waals surface area contributed by atoms with E-state index >= 15 is 0 Å². The summed E-state index contributed by atoms with van der Waals surface area (Å²) in [6.07, 6.45) is 7.99. The van der Waals surface area contributed by atoms with Gasteiger partial charge < -0.3 is 10.2 Å². The Balaban J connectivity index is 1.57. The molecule has 0 unspecified atom stereocenters. The number of rotatable bonds is 3. The monoisotopic (exact) mass is 365 g/mol. The van der Waals surface area contributed by atoms with Gasteiger partial charge in [-0.05, 0) is 19.3 Å². The van der Waals surface area contributed by atoms with Crippen LogP contribution >= 0.6 is 0 Å². The average Bonchev–Trinajstić information content (AvgIpc) is 3.25. The molecule has 1 atom stereocenters. The molecule has 2 aliphatic heterocycles. The number of aryl methyl sites for hydroxylation is 1. The van der Waals surface area contributed by atoms with Gasteiger partial charge in [0, 0.05) is 49.8 Å². The van der Waals surface area contributed by atoms with Crippen molar-refractivity contribution in [1.29, 1.82) is 5.26 Å². The largest absolute Gasteiger partial charge is 0.355 e. The maximum atomic E-state index is 12.1. The van der Waals surface area contributed by atoms with E-state index in [1.807, 2.05) is 13.2 Å². The van der Waals surface area contributed by atoms with E-state index in [2.05, 4.69) is 33.3 Å². The lowest BCUT2D eigenvalue weighted by Gasteiger charge is -2.41. The fraction of sp³-hybridized carbons (Fsp3) is 0.526. The lowest BCUT2D eigenvalue weighted by Crippen LogP contribution is -2.44. The van der Waals surface area contributed by atoms with Crippen LogP contribution in [0.4, 0.5) is 5.82 Å². The maximum absolute atomic E-state index is 12.1. The Hall–Kier alpha value is -2.95. The molecule has 0 radical (unpaired) electrons. The molecule has 1 spiro atoms. The molecule has 0 bridgehead atoms. The van der Waals surface area contributed by atoms with Gasteiger partial charge in [0.1, 0.15) is 17.6 Å². The zero-order chi connectivity index (χ0) is 19.0. The molecule has 2 aromatic rings. The number of nitriles is 1. The Morgan fingerprint density at radius 3 is 2.78 bits per heavy atom. The van der Waals surface area contributed by atoms with Crippen molar-refractivity contribution >= 4 is 11.7 Å². The minimum atomic E-state index is 0.0640. The second-order valence-electron chi connectivity index (χ2n) is 7.47. The van der Waals surface area contributed by atoms with Gasteiger partial charge in [-0.15, -0.1) is 0 Å². The molecule has 0 saturated carbocycles. The minimum absolute atomic E-state index is 0.0640. The van der Waals surface area contributed by atoms with Crippen LogP contribution in [0, 0.1) is 22.7 Å². The molecule has 2 aliphatic rings. The van der Waals surface area contributed by atoms with Gasteiger partial charge in [-0.3, -0.25) is 9.48 Å². The van der Waals surface area contributed by atoms with Crippen molar-refractivity contribution in [3.05, 3.63) is 24.3 Å². The van der Waals surface area contributed by atoms with Gasteiger partial charge in [0.05, 0.1) is 12.4 Å². The smallest absolute Gasteiger partial charge is 0.223 e. The van der Waals surface area contributed by atoms with Crippen LogP contribution in [0.15, 0.2) is 18.6 Å². The number of aromatic nitrogens is 4. The van der Waals surface area contributed by atoms with Crippen LogP contribution in [-0.4, -0.2) is 45.3 Å². The number of amides is 1. The van der Waals surface area contributed by atoms with E-state index in [-0.39, 0.29) is 17.2 Å². The first-order valence-corrected chi connectivity index (χ1v) is 9.35. The van der Waals surface area contributed by atoms with E-state index in [0.717, 1.165) is 50.3 Å². The van der Waals surface area contributed by atoms with E-state index in [9.17, 15) is 10.1 Å². The number of nitrogens with one attached hydrogen (secondary N) is 1. The van der Waals surface area contributed by atoms with Crippen LogP contribution in [0.1, 0.15) is 31.9 Å². The molecule has 8 heteroatoms. The van der Waals surface area contributed by atoms with Gasteiger partial charge in [0.2, 0.25) is 5.91 Å². The van der Waals surface area contributed by atoms with E-state index in [0.29, 0.717) is 11.4 Å². The summed E-state index contributed by atoms with van der Waals surface area (Å²) in [6.45, 7) is 4.53. The summed E-state index contributed by atoms with van der Waals surface area (Å²) in [5.41, 5.74) is 1.71. The van der Waals surface area contributed by atoms with Crippen LogP contribution in [0.25, 0.3) is 11.3 Å². The molecule has 1 amide bonds. The first kappa shape index (κ1) is 17.5. The van der Waals surface area contributed by atoms with E-state index in [1.54, 1.807) is 17.1 Å². The third-order valence-electron chi connectivity index (χ3n) is 6.01. The Bertz CT molecular complexity index is 905. The van der Waals surface area contributed by atoms with Crippen molar-refractivity contribution in [2.24, 2.45) is 18.4 Å². The highest BCUT2D eigenvalue weighted by atomic mass is 16.2. The summed E-state index contributed by atoms with van der Waals surface area (Å²) in [5.74, 6) is 1.08. The number of piperidine rings is 1. The summed E-state index contributed by atoms with van der Waals surface area (Å²) >= 11 is 0. The normalized spacial score (nSPS) is 21.3. The highest BCUT2D eigenvalue weighted by molar-refractivity contribution is 5.82. The lowest BCUT2D eigenvalue weighted by atomic mass is 9.69. The molecule has 2 fully saturated rings.